The van der Waals surface area contributed by atoms with E-state index in [4.69, 9.17) is 9.47 Å². The van der Waals surface area contributed by atoms with Gasteiger partial charge in [-0.25, -0.2) is 9.79 Å². The van der Waals surface area contributed by atoms with Gasteiger partial charge >= 0.3 is 5.97 Å². The number of benzene rings is 2. The normalized spacial score (nSPS) is 15.3. The minimum Gasteiger partial charge on any atom is -0.496 e. The van der Waals surface area contributed by atoms with Crippen molar-refractivity contribution in [2.45, 2.75) is 53.5 Å². The van der Waals surface area contributed by atoms with Gasteiger partial charge in [-0.15, -0.1) is 0 Å². The predicted molar refractivity (Wildman–Crippen MR) is 157 cm³/mol. The Morgan fingerprint density at radius 3 is 2.41 bits per heavy atom. The first-order valence-electron chi connectivity index (χ1n) is 13.5. The third-order valence-electron chi connectivity index (χ3n) is 7.07. The molecule has 0 amide bonds. The number of esters is 1. The molecule has 3 aromatic rings. The van der Waals surface area contributed by atoms with Crippen LogP contribution >= 0.6 is 11.3 Å². The standard InChI is InChI=1S/C31H37N3O4S/c1-8-33(9-2)24-16-15-23(25(18-24)37-7)17-26-29(35)34-28(22-13-11-21(12-14-22)19(4)5)27(30(36)38-10-3)20(6)32-31(34)39-26/h11-19,28H,8-10H2,1-7H3. The Labute approximate surface area is 233 Å². The van der Waals surface area contributed by atoms with Crippen LogP contribution in [0.5, 0.6) is 5.75 Å². The molecule has 2 aromatic carbocycles. The van der Waals surface area contributed by atoms with Crippen LogP contribution in [0.2, 0.25) is 0 Å². The molecule has 0 aliphatic carbocycles. The summed E-state index contributed by atoms with van der Waals surface area (Å²) in [7, 11) is 1.63. The van der Waals surface area contributed by atoms with Crippen molar-refractivity contribution in [3.63, 3.8) is 0 Å². The van der Waals surface area contributed by atoms with Crippen LogP contribution in [-0.4, -0.2) is 37.3 Å². The largest absolute Gasteiger partial charge is 0.496 e. The number of hydrogen-bond donors (Lipinski definition) is 0. The van der Waals surface area contributed by atoms with Gasteiger partial charge in [0, 0.05) is 30.4 Å². The van der Waals surface area contributed by atoms with Crippen LogP contribution < -0.4 is 24.5 Å². The van der Waals surface area contributed by atoms with E-state index >= 15 is 0 Å². The number of allylic oxidation sites excluding steroid dienone is 1. The summed E-state index contributed by atoms with van der Waals surface area (Å²) in [5.74, 6) is 0.597. The van der Waals surface area contributed by atoms with Gasteiger partial charge in [0.25, 0.3) is 5.56 Å². The molecule has 0 bridgehead atoms. The molecule has 4 rings (SSSR count). The van der Waals surface area contributed by atoms with Gasteiger partial charge in [0.05, 0.1) is 35.6 Å². The van der Waals surface area contributed by atoms with Crippen LogP contribution in [0, 0.1) is 0 Å². The lowest BCUT2D eigenvalue weighted by Crippen LogP contribution is -2.39. The number of rotatable bonds is 9. The fourth-order valence-electron chi connectivity index (χ4n) is 4.92. The predicted octanol–water partition coefficient (Wildman–Crippen LogP) is 4.78. The number of hydrogen-bond acceptors (Lipinski definition) is 7. The maximum absolute atomic E-state index is 13.9. The molecule has 1 aromatic heterocycles. The fraction of sp³-hybridized carbons (Fsp3) is 0.387. The number of carbonyl (C=O) groups is 1. The Kier molecular flexibility index (Phi) is 8.75. The molecule has 0 fully saturated rings. The van der Waals surface area contributed by atoms with Gasteiger partial charge in [-0.05, 0) is 62.9 Å². The van der Waals surface area contributed by atoms with E-state index in [2.05, 4.69) is 49.7 Å². The Morgan fingerprint density at radius 1 is 1.13 bits per heavy atom. The summed E-state index contributed by atoms with van der Waals surface area (Å²) < 4.78 is 13.2. The molecule has 39 heavy (non-hydrogen) atoms. The number of fused-ring (bicyclic) bond motifs is 1. The average molecular weight is 548 g/mol. The van der Waals surface area contributed by atoms with Crippen molar-refractivity contribution in [1.29, 1.82) is 0 Å². The monoisotopic (exact) mass is 547 g/mol. The lowest BCUT2D eigenvalue weighted by atomic mass is 9.93. The minimum atomic E-state index is -0.629. The Bertz CT molecular complexity index is 1560. The van der Waals surface area contributed by atoms with E-state index in [1.807, 2.05) is 36.4 Å². The molecule has 7 nitrogen and oxygen atoms in total. The lowest BCUT2D eigenvalue weighted by molar-refractivity contribution is -0.139. The van der Waals surface area contributed by atoms with Crippen molar-refractivity contribution in [3.8, 4) is 5.75 Å². The molecule has 0 saturated heterocycles. The van der Waals surface area contributed by atoms with E-state index in [0.29, 0.717) is 32.3 Å². The maximum atomic E-state index is 13.9. The van der Waals surface area contributed by atoms with Crippen molar-refractivity contribution in [3.05, 3.63) is 90.1 Å². The molecule has 0 N–H and O–H groups in total. The first kappa shape index (κ1) is 28.4. The number of anilines is 1. The van der Waals surface area contributed by atoms with Gasteiger partial charge in [0.2, 0.25) is 0 Å². The number of aromatic nitrogens is 1. The molecule has 1 atom stereocenters. The second-order valence-corrected chi connectivity index (χ2v) is 10.7. The number of methoxy groups -OCH3 is 1. The summed E-state index contributed by atoms with van der Waals surface area (Å²) in [6.07, 6.45) is 1.84. The van der Waals surface area contributed by atoms with Crippen LogP contribution in [0.1, 0.15) is 70.2 Å². The highest BCUT2D eigenvalue weighted by Gasteiger charge is 2.33. The molecule has 0 radical (unpaired) electrons. The topological polar surface area (TPSA) is 73.1 Å². The van der Waals surface area contributed by atoms with Crippen LogP contribution in [-0.2, 0) is 9.53 Å². The molecule has 1 aliphatic heterocycles. The molecule has 206 valence electrons. The van der Waals surface area contributed by atoms with Crippen LogP contribution in [0.3, 0.4) is 0 Å². The molecular weight excluding hydrogens is 510 g/mol. The molecule has 2 heterocycles. The molecule has 1 unspecified atom stereocenters. The fourth-order valence-corrected chi connectivity index (χ4v) is 5.95. The van der Waals surface area contributed by atoms with Crippen LogP contribution in [0.4, 0.5) is 5.69 Å². The van der Waals surface area contributed by atoms with Gasteiger partial charge in [-0.2, -0.15) is 0 Å². The first-order chi connectivity index (χ1) is 18.7. The number of nitrogens with zero attached hydrogens (tertiary/aromatic N) is 3. The average Bonchev–Trinajstić information content (AvgIpc) is 3.23. The number of carbonyl (C=O) groups excluding carboxylic acids is 1. The van der Waals surface area contributed by atoms with E-state index in [1.54, 1.807) is 25.5 Å². The van der Waals surface area contributed by atoms with Crippen molar-refractivity contribution >= 4 is 29.1 Å². The van der Waals surface area contributed by atoms with Crippen molar-refractivity contribution < 1.29 is 14.3 Å². The lowest BCUT2D eigenvalue weighted by Gasteiger charge is -2.25. The number of thiazole rings is 1. The van der Waals surface area contributed by atoms with Crippen LogP contribution in [0.25, 0.3) is 6.08 Å². The van der Waals surface area contributed by atoms with E-state index in [-0.39, 0.29) is 12.2 Å². The summed E-state index contributed by atoms with van der Waals surface area (Å²) in [4.78, 5) is 34.5. The van der Waals surface area contributed by atoms with Gasteiger partial charge in [-0.1, -0.05) is 49.4 Å². The number of ether oxygens (including phenoxy) is 2. The third-order valence-corrected chi connectivity index (χ3v) is 8.05. The summed E-state index contributed by atoms with van der Waals surface area (Å²) in [5, 5.41) is 0. The SMILES string of the molecule is CCOC(=O)C1=C(C)N=c2sc(=Cc3ccc(N(CC)CC)cc3OC)c(=O)n2C1c1ccc(C(C)C)cc1. The Balaban J connectivity index is 1.89. The zero-order chi connectivity index (χ0) is 28.3. The Hall–Kier alpha value is -3.65. The summed E-state index contributed by atoms with van der Waals surface area (Å²) in [6.45, 7) is 14.1. The summed E-state index contributed by atoms with van der Waals surface area (Å²) in [5.41, 5.74) is 4.62. The van der Waals surface area contributed by atoms with Crippen LogP contribution in [0.15, 0.2) is 63.5 Å². The highest BCUT2D eigenvalue weighted by molar-refractivity contribution is 7.07. The van der Waals surface area contributed by atoms with E-state index in [0.717, 1.165) is 29.9 Å². The minimum absolute atomic E-state index is 0.208. The molecule has 1 aliphatic rings. The second kappa shape index (κ2) is 12.0. The van der Waals surface area contributed by atoms with Gasteiger partial charge in [-0.3, -0.25) is 9.36 Å². The molecule has 0 saturated carbocycles. The zero-order valence-electron chi connectivity index (χ0n) is 23.8. The molecule has 8 heteroatoms. The van der Waals surface area contributed by atoms with Gasteiger partial charge < -0.3 is 14.4 Å². The van der Waals surface area contributed by atoms with E-state index in [9.17, 15) is 9.59 Å². The maximum Gasteiger partial charge on any atom is 0.338 e. The smallest absolute Gasteiger partial charge is 0.338 e. The van der Waals surface area contributed by atoms with Crippen molar-refractivity contribution in [1.82, 2.24) is 4.57 Å². The second-order valence-electron chi connectivity index (χ2n) is 9.72. The highest BCUT2D eigenvalue weighted by Crippen LogP contribution is 2.32. The highest BCUT2D eigenvalue weighted by atomic mass is 32.1. The van der Waals surface area contributed by atoms with Gasteiger partial charge in [0.1, 0.15) is 5.75 Å². The third kappa shape index (κ3) is 5.57. The van der Waals surface area contributed by atoms with E-state index in [1.165, 1.54) is 16.9 Å². The zero-order valence-corrected chi connectivity index (χ0v) is 24.6. The first-order valence-corrected chi connectivity index (χ1v) is 14.3. The summed E-state index contributed by atoms with van der Waals surface area (Å²) in [6, 6.07) is 13.5. The van der Waals surface area contributed by atoms with Gasteiger partial charge in [0.15, 0.2) is 4.80 Å². The van der Waals surface area contributed by atoms with Crippen molar-refractivity contribution in [2.24, 2.45) is 4.99 Å². The Morgan fingerprint density at radius 2 is 1.82 bits per heavy atom. The quantitative estimate of drug-likeness (QED) is 0.361. The van der Waals surface area contributed by atoms with Crippen molar-refractivity contribution in [2.75, 3.05) is 31.7 Å². The molecular formula is C31H37N3O4S. The molecule has 0 spiro atoms. The summed E-state index contributed by atoms with van der Waals surface area (Å²) >= 11 is 1.31. The van der Waals surface area contributed by atoms with E-state index < -0.39 is 12.0 Å².